The highest BCUT2D eigenvalue weighted by Crippen LogP contribution is 2.26. The van der Waals surface area contributed by atoms with Gasteiger partial charge in [-0.25, -0.2) is 4.89 Å². The Kier molecular flexibility index (Phi) is 6.14. The highest BCUT2D eigenvalue weighted by molar-refractivity contribution is 7.86. The molecular weight excluding hydrogens is 328 g/mol. The van der Waals surface area contributed by atoms with Crippen molar-refractivity contribution in [2.75, 3.05) is 0 Å². The number of hydrogen-bond acceptors (Lipinski definition) is 5. The Morgan fingerprint density at radius 1 is 0.750 bits per heavy atom. The lowest BCUT2D eigenvalue weighted by molar-refractivity contribution is -0.246. The van der Waals surface area contributed by atoms with Crippen molar-refractivity contribution in [3.8, 4) is 5.75 Å². The van der Waals surface area contributed by atoms with Crippen molar-refractivity contribution in [3.05, 3.63) is 24.3 Å². The van der Waals surface area contributed by atoms with Gasteiger partial charge in [-0.15, -0.1) is 4.33 Å². The second-order valence-corrected chi connectivity index (χ2v) is 8.24. The van der Waals surface area contributed by atoms with Crippen molar-refractivity contribution < 1.29 is 22.4 Å². The van der Waals surface area contributed by atoms with E-state index in [1.807, 2.05) is 0 Å². The van der Waals surface area contributed by atoms with E-state index in [-0.39, 0.29) is 17.1 Å². The minimum Gasteiger partial charge on any atom is -0.490 e. The molecule has 0 N–H and O–H groups in total. The fourth-order valence-electron chi connectivity index (χ4n) is 3.37. The van der Waals surface area contributed by atoms with Gasteiger partial charge in [0, 0.05) is 0 Å². The Bertz CT molecular complexity index is 599. The molecule has 0 aromatic heterocycles. The van der Waals surface area contributed by atoms with Crippen LogP contribution in [0.15, 0.2) is 29.2 Å². The van der Waals surface area contributed by atoms with E-state index < -0.39 is 10.1 Å². The monoisotopic (exact) mass is 354 g/mol. The summed E-state index contributed by atoms with van der Waals surface area (Å²) in [5, 5.41) is 0. The van der Waals surface area contributed by atoms with Crippen LogP contribution in [0.4, 0.5) is 0 Å². The molecule has 2 aliphatic rings. The summed E-state index contributed by atoms with van der Waals surface area (Å²) in [5.41, 5.74) is 0. The predicted octanol–water partition coefficient (Wildman–Crippen LogP) is 4.37. The van der Waals surface area contributed by atoms with Crippen LogP contribution in [0.2, 0.25) is 0 Å². The molecule has 0 spiro atoms. The lowest BCUT2D eigenvalue weighted by Crippen LogP contribution is -2.20. The SMILES string of the molecule is O=S(=O)(OOC1CCCCC1)c1ccc(OC2CCCCC2)cc1. The number of rotatable bonds is 6. The largest absolute Gasteiger partial charge is 0.490 e. The molecule has 6 heteroatoms. The van der Waals surface area contributed by atoms with Crippen LogP contribution in [0.25, 0.3) is 0 Å². The predicted molar refractivity (Wildman–Crippen MR) is 90.2 cm³/mol. The molecule has 2 aliphatic carbocycles. The van der Waals surface area contributed by atoms with Gasteiger partial charge in [0.1, 0.15) is 5.75 Å². The summed E-state index contributed by atoms with van der Waals surface area (Å²) in [4.78, 5) is 5.23. The molecule has 0 radical (unpaired) electrons. The highest BCUT2D eigenvalue weighted by Gasteiger charge is 2.22. The first-order valence-corrected chi connectivity index (χ1v) is 10.4. The third kappa shape index (κ3) is 4.94. The van der Waals surface area contributed by atoms with E-state index >= 15 is 0 Å². The molecule has 0 saturated heterocycles. The van der Waals surface area contributed by atoms with E-state index in [1.165, 1.54) is 37.8 Å². The van der Waals surface area contributed by atoms with Crippen LogP contribution in [0.3, 0.4) is 0 Å². The lowest BCUT2D eigenvalue weighted by atomic mass is 9.98. The van der Waals surface area contributed by atoms with Gasteiger partial charge in [0.05, 0.1) is 17.1 Å². The third-order valence-electron chi connectivity index (χ3n) is 4.78. The normalized spacial score (nSPS) is 20.8. The van der Waals surface area contributed by atoms with Crippen LogP contribution in [0, 0.1) is 0 Å². The average Bonchev–Trinajstić information content (AvgIpc) is 2.62. The Balaban J connectivity index is 1.54. The van der Waals surface area contributed by atoms with Gasteiger partial charge in [0.15, 0.2) is 0 Å². The molecule has 2 fully saturated rings. The van der Waals surface area contributed by atoms with Crippen LogP contribution in [0.1, 0.15) is 64.2 Å². The number of benzene rings is 1. The fourth-order valence-corrected chi connectivity index (χ4v) is 4.13. The van der Waals surface area contributed by atoms with Crippen LogP contribution in [-0.4, -0.2) is 20.6 Å². The van der Waals surface area contributed by atoms with Gasteiger partial charge in [0.2, 0.25) is 0 Å². The summed E-state index contributed by atoms with van der Waals surface area (Å²) in [6.45, 7) is 0. The Morgan fingerprint density at radius 3 is 1.88 bits per heavy atom. The second-order valence-electron chi connectivity index (χ2n) is 6.73. The van der Waals surface area contributed by atoms with Crippen LogP contribution in [-0.2, 0) is 19.3 Å². The first kappa shape index (κ1) is 17.7. The highest BCUT2D eigenvalue weighted by atomic mass is 32.2. The molecule has 5 nitrogen and oxygen atoms in total. The lowest BCUT2D eigenvalue weighted by Gasteiger charge is -2.23. The molecule has 1 aromatic rings. The van der Waals surface area contributed by atoms with Crippen molar-refractivity contribution >= 4 is 10.1 Å². The summed E-state index contributed by atoms with van der Waals surface area (Å²) in [6, 6.07) is 6.40. The quantitative estimate of drug-likeness (QED) is 0.561. The van der Waals surface area contributed by atoms with Crippen molar-refractivity contribution in [2.45, 2.75) is 81.3 Å². The maximum Gasteiger partial charge on any atom is 0.323 e. The summed E-state index contributed by atoms with van der Waals surface area (Å²) in [7, 11) is -3.89. The van der Waals surface area contributed by atoms with E-state index in [9.17, 15) is 8.42 Å². The summed E-state index contributed by atoms with van der Waals surface area (Å²) in [6.07, 6.45) is 10.9. The molecular formula is C18H26O5S. The van der Waals surface area contributed by atoms with E-state index in [0.29, 0.717) is 5.75 Å². The third-order valence-corrected chi connectivity index (χ3v) is 5.89. The van der Waals surface area contributed by atoms with E-state index in [0.717, 1.165) is 38.5 Å². The average molecular weight is 354 g/mol. The summed E-state index contributed by atoms with van der Waals surface area (Å²) >= 11 is 0. The smallest absolute Gasteiger partial charge is 0.323 e. The zero-order chi connectivity index (χ0) is 16.8. The molecule has 1 aromatic carbocycles. The van der Waals surface area contributed by atoms with E-state index in [1.54, 1.807) is 12.1 Å². The topological polar surface area (TPSA) is 61.8 Å². The van der Waals surface area contributed by atoms with Gasteiger partial charge in [0.25, 0.3) is 0 Å². The van der Waals surface area contributed by atoms with Gasteiger partial charge in [-0.05, 0) is 62.8 Å². The Hall–Kier alpha value is -1.11. The van der Waals surface area contributed by atoms with Gasteiger partial charge in [-0.2, -0.15) is 8.42 Å². The van der Waals surface area contributed by atoms with Crippen molar-refractivity contribution in [2.24, 2.45) is 0 Å². The Labute approximate surface area is 144 Å². The summed E-state index contributed by atoms with van der Waals surface area (Å²) < 4.78 is 35.1. The van der Waals surface area contributed by atoms with Crippen molar-refractivity contribution in [1.29, 1.82) is 0 Å². The molecule has 0 aliphatic heterocycles. The molecule has 24 heavy (non-hydrogen) atoms. The molecule has 0 bridgehead atoms. The molecule has 0 unspecified atom stereocenters. The van der Waals surface area contributed by atoms with Gasteiger partial charge < -0.3 is 4.74 Å². The first-order chi connectivity index (χ1) is 11.6. The van der Waals surface area contributed by atoms with Crippen LogP contribution < -0.4 is 4.74 Å². The summed E-state index contributed by atoms with van der Waals surface area (Å²) in [5.74, 6) is 0.703. The van der Waals surface area contributed by atoms with Crippen molar-refractivity contribution in [1.82, 2.24) is 0 Å². The molecule has 0 heterocycles. The number of hydrogen-bond donors (Lipinski definition) is 0. The maximum atomic E-state index is 12.2. The zero-order valence-electron chi connectivity index (χ0n) is 14.0. The van der Waals surface area contributed by atoms with Gasteiger partial charge in [-0.3, -0.25) is 0 Å². The second kappa shape index (κ2) is 8.32. The minimum absolute atomic E-state index is 0.0919. The molecule has 2 saturated carbocycles. The van der Waals surface area contributed by atoms with Crippen LogP contribution >= 0.6 is 0 Å². The number of ether oxygens (including phenoxy) is 1. The van der Waals surface area contributed by atoms with Gasteiger partial charge >= 0.3 is 10.1 Å². The fraction of sp³-hybridized carbons (Fsp3) is 0.667. The minimum atomic E-state index is -3.89. The zero-order valence-corrected chi connectivity index (χ0v) is 14.8. The van der Waals surface area contributed by atoms with Crippen LogP contribution in [0.5, 0.6) is 5.75 Å². The molecule has 0 amide bonds. The first-order valence-electron chi connectivity index (χ1n) is 9.00. The van der Waals surface area contributed by atoms with E-state index in [2.05, 4.69) is 0 Å². The maximum absolute atomic E-state index is 12.2. The van der Waals surface area contributed by atoms with Crippen molar-refractivity contribution in [3.63, 3.8) is 0 Å². The standard InChI is InChI=1S/C18H26O5S/c19-24(20,23-22-17-9-5-2-6-10-17)18-13-11-16(12-14-18)21-15-7-3-1-4-8-15/h11-15,17H,1-10H2. The Morgan fingerprint density at radius 2 is 1.29 bits per heavy atom. The van der Waals surface area contributed by atoms with Gasteiger partial charge in [-0.1, -0.05) is 25.7 Å². The molecule has 3 rings (SSSR count). The molecule has 134 valence electrons. The molecule has 0 atom stereocenters. The van der Waals surface area contributed by atoms with E-state index in [4.69, 9.17) is 14.0 Å².